The minimum absolute atomic E-state index is 0.0460. The van der Waals surface area contributed by atoms with E-state index < -0.39 is 23.2 Å². The summed E-state index contributed by atoms with van der Waals surface area (Å²) >= 11 is 0. The van der Waals surface area contributed by atoms with Crippen molar-refractivity contribution in [3.63, 3.8) is 0 Å². The summed E-state index contributed by atoms with van der Waals surface area (Å²) in [4.78, 5) is 38.0. The second-order valence-corrected chi connectivity index (χ2v) is 5.98. The summed E-state index contributed by atoms with van der Waals surface area (Å²) < 4.78 is 11.8. The highest BCUT2D eigenvalue weighted by molar-refractivity contribution is 6.06. The number of hydrogen-bond acceptors (Lipinski definition) is 5. The third-order valence-corrected chi connectivity index (χ3v) is 4.41. The largest absolute Gasteiger partial charge is 0.466 e. The highest BCUT2D eigenvalue weighted by atomic mass is 16.4. The van der Waals surface area contributed by atoms with Crippen molar-refractivity contribution in [2.75, 3.05) is 6.54 Å². The molecule has 2 aromatic heterocycles. The van der Waals surface area contributed by atoms with Gasteiger partial charge in [-0.05, 0) is 31.2 Å². The average molecular weight is 341 g/mol. The number of imide groups is 1. The van der Waals surface area contributed by atoms with Gasteiger partial charge in [0.15, 0.2) is 11.1 Å². The molecule has 1 aliphatic heterocycles. The number of nitrogens with one attached hydrogen (secondary N) is 1. The van der Waals surface area contributed by atoms with Gasteiger partial charge in [-0.15, -0.1) is 0 Å². The van der Waals surface area contributed by atoms with Gasteiger partial charge in [0.1, 0.15) is 5.76 Å². The highest BCUT2D eigenvalue weighted by Crippen LogP contribution is 2.29. The van der Waals surface area contributed by atoms with Gasteiger partial charge in [-0.2, -0.15) is 0 Å². The van der Waals surface area contributed by atoms with E-state index in [1.165, 1.54) is 10.8 Å². The van der Waals surface area contributed by atoms with Crippen LogP contribution in [0.5, 0.6) is 0 Å². The van der Waals surface area contributed by atoms with Crippen molar-refractivity contribution in [2.24, 2.45) is 0 Å². The van der Waals surface area contributed by atoms with Crippen LogP contribution in [0.25, 0.3) is 11.1 Å². The second kappa shape index (κ2) is 5.37. The third kappa shape index (κ3) is 2.25. The fraction of sp³-hybridized carbons (Fsp3) is 0.235. The molecular weight excluding hydrogens is 326 g/mol. The molecule has 8 heteroatoms. The van der Waals surface area contributed by atoms with Gasteiger partial charge >= 0.3 is 11.8 Å². The molecule has 1 atom stereocenters. The standard InChI is InChI=1S/C17H15N3O5/c1-17(13-7-4-10-24-13)14(21)20(15(22)18-17)9-8-19-11-5-2-3-6-12(11)25-16(19)23/h2-7,10H,8-9H2,1H3,(H,18,22)/t17-/m0/s1. The molecule has 128 valence electrons. The summed E-state index contributed by atoms with van der Waals surface area (Å²) in [5.41, 5.74) is -0.164. The lowest BCUT2D eigenvalue weighted by Gasteiger charge is -2.19. The number of carbonyl (C=O) groups excluding carboxylic acids is 2. The van der Waals surface area contributed by atoms with E-state index >= 15 is 0 Å². The maximum atomic E-state index is 12.7. The second-order valence-electron chi connectivity index (χ2n) is 5.98. The van der Waals surface area contributed by atoms with Crippen molar-refractivity contribution >= 4 is 23.0 Å². The van der Waals surface area contributed by atoms with Gasteiger partial charge in [0.2, 0.25) is 0 Å². The topological polar surface area (TPSA) is 97.7 Å². The number of oxazole rings is 1. The van der Waals surface area contributed by atoms with Crippen molar-refractivity contribution in [3.05, 3.63) is 59.0 Å². The molecule has 0 saturated carbocycles. The van der Waals surface area contributed by atoms with E-state index in [0.717, 1.165) is 4.90 Å². The highest BCUT2D eigenvalue weighted by Gasteiger charge is 2.50. The van der Waals surface area contributed by atoms with Gasteiger partial charge in [-0.1, -0.05) is 12.1 Å². The van der Waals surface area contributed by atoms with Gasteiger partial charge in [0.25, 0.3) is 5.91 Å². The molecule has 3 aromatic rings. The van der Waals surface area contributed by atoms with E-state index in [-0.39, 0.29) is 13.1 Å². The van der Waals surface area contributed by atoms with Crippen LogP contribution >= 0.6 is 0 Å². The lowest BCUT2D eigenvalue weighted by atomic mass is 9.99. The molecule has 1 fully saturated rings. The smallest absolute Gasteiger partial charge is 0.420 e. The first-order chi connectivity index (χ1) is 12.0. The van der Waals surface area contributed by atoms with Crippen molar-refractivity contribution < 1.29 is 18.4 Å². The van der Waals surface area contributed by atoms with Crippen molar-refractivity contribution in [1.29, 1.82) is 0 Å². The van der Waals surface area contributed by atoms with Crippen LogP contribution in [0, 0.1) is 0 Å². The van der Waals surface area contributed by atoms with Crippen LogP contribution in [0.15, 0.2) is 56.3 Å². The quantitative estimate of drug-likeness (QED) is 0.728. The molecule has 4 rings (SSSR count). The number of nitrogens with zero attached hydrogens (tertiary/aromatic N) is 2. The normalized spacial score (nSPS) is 20.4. The van der Waals surface area contributed by atoms with Crippen LogP contribution in [-0.4, -0.2) is 28.0 Å². The van der Waals surface area contributed by atoms with Crippen LogP contribution in [0.3, 0.4) is 0 Å². The number of aromatic nitrogens is 1. The number of fused-ring (bicyclic) bond motifs is 1. The van der Waals surface area contributed by atoms with Crippen molar-refractivity contribution in [2.45, 2.75) is 19.0 Å². The van der Waals surface area contributed by atoms with Crippen LogP contribution in [0.2, 0.25) is 0 Å². The molecule has 1 aromatic carbocycles. The van der Waals surface area contributed by atoms with E-state index in [0.29, 0.717) is 16.9 Å². The molecule has 1 N–H and O–H groups in total. The summed E-state index contributed by atoms with van der Waals surface area (Å²) in [6, 6.07) is 9.76. The minimum atomic E-state index is -1.25. The Morgan fingerprint density at radius 1 is 1.08 bits per heavy atom. The molecule has 0 unspecified atom stereocenters. The molecule has 0 aliphatic carbocycles. The number of carbonyl (C=O) groups is 2. The summed E-state index contributed by atoms with van der Waals surface area (Å²) in [6.07, 6.45) is 1.44. The van der Waals surface area contributed by atoms with Gasteiger partial charge in [0.05, 0.1) is 11.8 Å². The zero-order chi connectivity index (χ0) is 17.6. The maximum Gasteiger partial charge on any atom is 0.420 e. The molecule has 25 heavy (non-hydrogen) atoms. The van der Waals surface area contributed by atoms with Crippen molar-refractivity contribution in [3.8, 4) is 0 Å². The summed E-state index contributed by atoms with van der Waals surface area (Å²) in [5.74, 6) is -0.588. The molecule has 3 amide bonds. The van der Waals surface area contributed by atoms with Crippen LogP contribution in [-0.2, 0) is 16.9 Å². The number of benzene rings is 1. The summed E-state index contributed by atoms with van der Waals surface area (Å²) in [6.45, 7) is 1.78. The van der Waals surface area contributed by atoms with Gasteiger partial charge in [-0.3, -0.25) is 14.3 Å². The minimum Gasteiger partial charge on any atom is -0.466 e. The SMILES string of the molecule is C[C@@]1(c2ccco2)NC(=O)N(CCn2c(=O)oc3ccccc32)C1=O. The summed E-state index contributed by atoms with van der Waals surface area (Å²) in [5, 5.41) is 2.65. The molecule has 1 aliphatic rings. The number of hydrogen-bond donors (Lipinski definition) is 1. The van der Waals surface area contributed by atoms with Crippen LogP contribution in [0.1, 0.15) is 12.7 Å². The Morgan fingerprint density at radius 3 is 2.64 bits per heavy atom. The zero-order valence-electron chi connectivity index (χ0n) is 13.4. The molecule has 3 heterocycles. The van der Waals surface area contributed by atoms with E-state index in [1.807, 2.05) is 0 Å². The number of furan rings is 1. The summed E-state index contributed by atoms with van der Waals surface area (Å²) in [7, 11) is 0. The van der Waals surface area contributed by atoms with Gasteiger partial charge in [0, 0.05) is 13.1 Å². The first kappa shape index (κ1) is 15.3. The third-order valence-electron chi connectivity index (χ3n) is 4.41. The molecule has 0 spiro atoms. The maximum absolute atomic E-state index is 12.7. The number of urea groups is 1. The Bertz CT molecular complexity index is 1020. The Labute approximate surface area is 141 Å². The van der Waals surface area contributed by atoms with E-state index in [4.69, 9.17) is 8.83 Å². The zero-order valence-corrected chi connectivity index (χ0v) is 13.4. The molecule has 0 radical (unpaired) electrons. The monoisotopic (exact) mass is 341 g/mol. The Balaban J connectivity index is 1.59. The molecule has 8 nitrogen and oxygen atoms in total. The lowest BCUT2D eigenvalue weighted by molar-refractivity contribution is -0.131. The number of rotatable bonds is 4. The average Bonchev–Trinajstić information content (AvgIpc) is 3.27. The lowest BCUT2D eigenvalue weighted by Crippen LogP contribution is -2.41. The Hall–Kier alpha value is -3.29. The number of amides is 3. The van der Waals surface area contributed by atoms with Crippen molar-refractivity contribution in [1.82, 2.24) is 14.8 Å². The molecule has 1 saturated heterocycles. The van der Waals surface area contributed by atoms with Crippen LogP contribution < -0.4 is 11.1 Å². The van der Waals surface area contributed by atoms with Crippen LogP contribution in [0.4, 0.5) is 4.79 Å². The first-order valence-corrected chi connectivity index (χ1v) is 7.77. The van der Waals surface area contributed by atoms with E-state index in [1.54, 1.807) is 43.3 Å². The van der Waals surface area contributed by atoms with Gasteiger partial charge < -0.3 is 14.2 Å². The van der Waals surface area contributed by atoms with Gasteiger partial charge in [-0.25, -0.2) is 9.59 Å². The van der Waals surface area contributed by atoms with E-state index in [2.05, 4.69) is 5.32 Å². The molecule has 0 bridgehead atoms. The molecular formula is C17H15N3O5. The Kier molecular flexibility index (Phi) is 3.28. The van der Waals surface area contributed by atoms with E-state index in [9.17, 15) is 14.4 Å². The first-order valence-electron chi connectivity index (χ1n) is 7.77. The number of para-hydroxylation sites is 2. The Morgan fingerprint density at radius 2 is 1.88 bits per heavy atom. The fourth-order valence-corrected chi connectivity index (χ4v) is 3.06. The fourth-order valence-electron chi connectivity index (χ4n) is 3.06. The predicted molar refractivity (Wildman–Crippen MR) is 86.8 cm³/mol. The predicted octanol–water partition coefficient (Wildman–Crippen LogP) is 1.65.